The quantitative estimate of drug-likeness (QED) is 0.574. The highest BCUT2D eigenvalue weighted by Crippen LogP contribution is 1.98. The lowest BCUT2D eigenvalue weighted by Crippen LogP contribution is -2.45. The Balaban J connectivity index is 1.88. The Morgan fingerprint density at radius 3 is 2.72 bits per heavy atom. The molecule has 0 amide bonds. The van der Waals surface area contributed by atoms with Crippen LogP contribution >= 0.6 is 0 Å². The monoisotopic (exact) mass is 260 g/mol. The maximum atomic E-state index is 5.50. The van der Waals surface area contributed by atoms with Crippen LogP contribution in [0.15, 0.2) is 0 Å². The van der Waals surface area contributed by atoms with Gasteiger partial charge in [0.2, 0.25) is 0 Å². The van der Waals surface area contributed by atoms with Crippen molar-refractivity contribution in [2.75, 3.05) is 66.3 Å². The van der Waals surface area contributed by atoms with Gasteiger partial charge in [-0.1, -0.05) is 0 Å². The highest BCUT2D eigenvalue weighted by Gasteiger charge is 2.12. The van der Waals surface area contributed by atoms with E-state index in [1.807, 2.05) is 0 Å². The summed E-state index contributed by atoms with van der Waals surface area (Å²) in [6.07, 6.45) is 0.972. The molecular weight excluding hydrogens is 232 g/mol. The molecule has 1 saturated heterocycles. The molecule has 1 heterocycles. The van der Waals surface area contributed by atoms with Crippen LogP contribution in [0.25, 0.3) is 0 Å². The van der Waals surface area contributed by atoms with Gasteiger partial charge in [-0.05, 0) is 13.3 Å². The SMILES string of the molecule is COCCCOCCNC(C)CN1CCOCC1. The van der Waals surface area contributed by atoms with E-state index in [4.69, 9.17) is 14.2 Å². The van der Waals surface area contributed by atoms with Crippen molar-refractivity contribution >= 4 is 0 Å². The molecule has 0 aromatic rings. The van der Waals surface area contributed by atoms with E-state index in [2.05, 4.69) is 17.1 Å². The first kappa shape index (κ1) is 15.9. The molecule has 5 nitrogen and oxygen atoms in total. The molecule has 0 aromatic heterocycles. The van der Waals surface area contributed by atoms with E-state index in [0.717, 1.165) is 65.6 Å². The van der Waals surface area contributed by atoms with Gasteiger partial charge in [0.1, 0.15) is 0 Å². The van der Waals surface area contributed by atoms with Crippen LogP contribution in [0, 0.1) is 0 Å². The number of ether oxygens (including phenoxy) is 3. The maximum Gasteiger partial charge on any atom is 0.0594 e. The number of nitrogens with one attached hydrogen (secondary N) is 1. The van der Waals surface area contributed by atoms with E-state index in [1.165, 1.54) is 0 Å². The van der Waals surface area contributed by atoms with Gasteiger partial charge in [-0.3, -0.25) is 4.90 Å². The lowest BCUT2D eigenvalue weighted by atomic mass is 10.3. The number of morpholine rings is 1. The van der Waals surface area contributed by atoms with Gasteiger partial charge in [0, 0.05) is 52.5 Å². The zero-order valence-electron chi connectivity index (χ0n) is 11.8. The maximum absolute atomic E-state index is 5.50. The van der Waals surface area contributed by atoms with Gasteiger partial charge in [0.05, 0.1) is 19.8 Å². The molecule has 1 N–H and O–H groups in total. The fraction of sp³-hybridized carbons (Fsp3) is 1.00. The Kier molecular flexibility index (Phi) is 9.42. The van der Waals surface area contributed by atoms with Gasteiger partial charge in [-0.15, -0.1) is 0 Å². The third kappa shape index (κ3) is 8.00. The third-order valence-corrected chi connectivity index (χ3v) is 3.01. The molecule has 5 heteroatoms. The van der Waals surface area contributed by atoms with Crippen LogP contribution in [-0.2, 0) is 14.2 Å². The summed E-state index contributed by atoms with van der Waals surface area (Å²) in [5.41, 5.74) is 0. The first-order chi connectivity index (χ1) is 8.83. The zero-order chi connectivity index (χ0) is 13.1. The number of methoxy groups -OCH3 is 1. The average molecular weight is 260 g/mol. The predicted molar refractivity (Wildman–Crippen MR) is 72.0 cm³/mol. The zero-order valence-corrected chi connectivity index (χ0v) is 11.8. The van der Waals surface area contributed by atoms with Crippen LogP contribution in [-0.4, -0.2) is 77.3 Å². The highest BCUT2D eigenvalue weighted by atomic mass is 16.5. The molecule has 1 unspecified atom stereocenters. The van der Waals surface area contributed by atoms with E-state index in [-0.39, 0.29) is 0 Å². The van der Waals surface area contributed by atoms with Crippen LogP contribution in [0.1, 0.15) is 13.3 Å². The minimum atomic E-state index is 0.505. The summed E-state index contributed by atoms with van der Waals surface area (Å²) in [4.78, 5) is 2.45. The van der Waals surface area contributed by atoms with Crippen LogP contribution < -0.4 is 5.32 Å². The van der Waals surface area contributed by atoms with Gasteiger partial charge in [0.15, 0.2) is 0 Å². The van der Waals surface area contributed by atoms with Gasteiger partial charge in [0.25, 0.3) is 0 Å². The number of nitrogens with zero attached hydrogens (tertiary/aromatic N) is 1. The van der Waals surface area contributed by atoms with Crippen molar-refractivity contribution < 1.29 is 14.2 Å². The molecule has 1 aliphatic heterocycles. The van der Waals surface area contributed by atoms with E-state index in [0.29, 0.717) is 6.04 Å². The topological polar surface area (TPSA) is 43.0 Å². The first-order valence-electron chi connectivity index (χ1n) is 6.93. The second kappa shape index (κ2) is 10.7. The Bertz CT molecular complexity index is 187. The summed E-state index contributed by atoms with van der Waals surface area (Å²) in [5.74, 6) is 0. The van der Waals surface area contributed by atoms with Crippen molar-refractivity contribution in [3.05, 3.63) is 0 Å². The molecule has 0 saturated carbocycles. The molecule has 0 spiro atoms. The Hall–Kier alpha value is -0.200. The highest BCUT2D eigenvalue weighted by molar-refractivity contribution is 4.69. The van der Waals surface area contributed by atoms with Crippen LogP contribution in [0.4, 0.5) is 0 Å². The Labute approximate surface area is 111 Å². The van der Waals surface area contributed by atoms with Crippen molar-refractivity contribution in [2.45, 2.75) is 19.4 Å². The molecule has 1 aliphatic rings. The van der Waals surface area contributed by atoms with E-state index >= 15 is 0 Å². The summed E-state index contributed by atoms with van der Waals surface area (Å²) in [7, 11) is 1.72. The number of hydrogen-bond acceptors (Lipinski definition) is 5. The lowest BCUT2D eigenvalue weighted by molar-refractivity contribution is 0.0337. The summed E-state index contributed by atoms with van der Waals surface area (Å²) >= 11 is 0. The predicted octanol–water partition coefficient (Wildman–Crippen LogP) is 0.350. The van der Waals surface area contributed by atoms with E-state index in [1.54, 1.807) is 7.11 Å². The standard InChI is InChI=1S/C13H28N2O3/c1-13(12-15-5-10-18-11-6-15)14-4-9-17-8-3-7-16-2/h13-14H,3-12H2,1-2H3. The van der Waals surface area contributed by atoms with Crippen LogP contribution in [0.2, 0.25) is 0 Å². The molecule has 0 aliphatic carbocycles. The number of hydrogen-bond donors (Lipinski definition) is 1. The van der Waals surface area contributed by atoms with Crippen molar-refractivity contribution in [2.24, 2.45) is 0 Å². The smallest absolute Gasteiger partial charge is 0.0594 e. The van der Waals surface area contributed by atoms with Gasteiger partial charge >= 0.3 is 0 Å². The molecule has 1 fully saturated rings. The average Bonchev–Trinajstić information content (AvgIpc) is 2.39. The Morgan fingerprint density at radius 2 is 2.00 bits per heavy atom. The molecule has 0 aromatic carbocycles. The van der Waals surface area contributed by atoms with Crippen molar-refractivity contribution in [3.8, 4) is 0 Å². The van der Waals surface area contributed by atoms with Gasteiger partial charge in [-0.2, -0.15) is 0 Å². The van der Waals surface area contributed by atoms with Gasteiger partial charge < -0.3 is 19.5 Å². The minimum Gasteiger partial charge on any atom is -0.385 e. The second-order valence-corrected chi connectivity index (χ2v) is 4.73. The molecule has 1 atom stereocenters. The fourth-order valence-electron chi connectivity index (χ4n) is 2.02. The molecular formula is C13H28N2O3. The summed E-state index contributed by atoms with van der Waals surface area (Å²) in [6.45, 7) is 10.4. The van der Waals surface area contributed by atoms with Gasteiger partial charge in [-0.25, -0.2) is 0 Å². The number of rotatable bonds is 10. The normalized spacial score (nSPS) is 19.0. The summed E-state index contributed by atoms with van der Waals surface area (Å²) < 4.78 is 15.8. The molecule has 0 radical (unpaired) electrons. The summed E-state index contributed by atoms with van der Waals surface area (Å²) in [5, 5.41) is 3.48. The molecule has 108 valence electrons. The van der Waals surface area contributed by atoms with Crippen molar-refractivity contribution in [1.82, 2.24) is 10.2 Å². The summed E-state index contributed by atoms with van der Waals surface area (Å²) in [6, 6.07) is 0.505. The van der Waals surface area contributed by atoms with Crippen molar-refractivity contribution in [1.29, 1.82) is 0 Å². The molecule has 18 heavy (non-hydrogen) atoms. The Morgan fingerprint density at radius 1 is 1.22 bits per heavy atom. The minimum absolute atomic E-state index is 0.505. The van der Waals surface area contributed by atoms with Crippen LogP contribution in [0.3, 0.4) is 0 Å². The van der Waals surface area contributed by atoms with Crippen molar-refractivity contribution in [3.63, 3.8) is 0 Å². The van der Waals surface area contributed by atoms with E-state index < -0.39 is 0 Å². The second-order valence-electron chi connectivity index (χ2n) is 4.73. The largest absolute Gasteiger partial charge is 0.385 e. The first-order valence-corrected chi connectivity index (χ1v) is 6.93. The van der Waals surface area contributed by atoms with E-state index in [9.17, 15) is 0 Å². The van der Waals surface area contributed by atoms with Crippen LogP contribution in [0.5, 0.6) is 0 Å². The molecule has 0 bridgehead atoms. The molecule has 1 rings (SSSR count). The lowest BCUT2D eigenvalue weighted by Gasteiger charge is -2.29. The third-order valence-electron chi connectivity index (χ3n) is 3.01. The fourth-order valence-corrected chi connectivity index (χ4v) is 2.02.